The van der Waals surface area contributed by atoms with Crippen molar-refractivity contribution in [2.45, 2.75) is 20.8 Å². The highest BCUT2D eigenvalue weighted by atomic mass is 35.5. The molecule has 0 saturated carbocycles. The summed E-state index contributed by atoms with van der Waals surface area (Å²) in [7, 11) is 0. The maximum atomic E-state index is 12.2. The number of rotatable bonds is 5. The summed E-state index contributed by atoms with van der Waals surface area (Å²) >= 11 is 11.8. The van der Waals surface area contributed by atoms with Crippen molar-refractivity contribution in [2.24, 2.45) is 0 Å². The predicted molar refractivity (Wildman–Crippen MR) is 103 cm³/mol. The number of carbonyl (C=O) groups is 2. The second-order valence-electron chi connectivity index (χ2n) is 5.90. The molecule has 2 amide bonds. The van der Waals surface area contributed by atoms with E-state index < -0.39 is 0 Å². The molecule has 2 aromatic rings. The molecule has 0 spiro atoms. The van der Waals surface area contributed by atoms with Crippen LogP contribution in [0.15, 0.2) is 36.4 Å². The number of benzene rings is 2. The summed E-state index contributed by atoms with van der Waals surface area (Å²) in [4.78, 5) is 25.8. The molecule has 1 N–H and O–H groups in total. The van der Waals surface area contributed by atoms with Gasteiger partial charge in [0.1, 0.15) is 0 Å². The SMILES string of the molecule is CC(=O)N(CCNC(=O)c1ccc(Cl)c(Cl)c1)c1cc(C)cc(C)c1. The summed E-state index contributed by atoms with van der Waals surface area (Å²) in [6.45, 7) is 6.19. The Labute approximate surface area is 157 Å². The van der Waals surface area contributed by atoms with Gasteiger partial charge in [0, 0.05) is 31.3 Å². The monoisotopic (exact) mass is 378 g/mol. The van der Waals surface area contributed by atoms with Crippen LogP contribution in [0.1, 0.15) is 28.4 Å². The minimum atomic E-state index is -0.262. The van der Waals surface area contributed by atoms with E-state index in [9.17, 15) is 9.59 Å². The Morgan fingerprint density at radius 2 is 1.64 bits per heavy atom. The fourth-order valence-corrected chi connectivity index (χ4v) is 2.89. The average Bonchev–Trinajstić information content (AvgIpc) is 2.52. The van der Waals surface area contributed by atoms with E-state index in [1.165, 1.54) is 13.0 Å². The van der Waals surface area contributed by atoms with Crippen molar-refractivity contribution in [1.82, 2.24) is 5.32 Å². The third-order valence-corrected chi connectivity index (χ3v) is 4.44. The molecule has 2 aromatic carbocycles. The molecule has 0 aliphatic heterocycles. The minimum Gasteiger partial charge on any atom is -0.350 e. The lowest BCUT2D eigenvalue weighted by Gasteiger charge is -2.22. The molecule has 4 nitrogen and oxygen atoms in total. The maximum Gasteiger partial charge on any atom is 0.251 e. The zero-order chi connectivity index (χ0) is 18.6. The molecule has 6 heteroatoms. The lowest BCUT2D eigenvalue weighted by atomic mass is 10.1. The van der Waals surface area contributed by atoms with Gasteiger partial charge >= 0.3 is 0 Å². The summed E-state index contributed by atoms with van der Waals surface area (Å²) in [5, 5.41) is 3.52. The van der Waals surface area contributed by atoms with E-state index in [0.717, 1.165) is 16.8 Å². The molecule has 0 saturated heterocycles. The molecule has 2 rings (SSSR count). The zero-order valence-electron chi connectivity index (χ0n) is 14.4. The normalized spacial score (nSPS) is 10.4. The van der Waals surface area contributed by atoms with Crippen molar-refractivity contribution in [3.63, 3.8) is 0 Å². The lowest BCUT2D eigenvalue weighted by molar-refractivity contribution is -0.116. The topological polar surface area (TPSA) is 49.4 Å². The number of amides is 2. The number of carbonyl (C=O) groups excluding carboxylic acids is 2. The molecule has 0 atom stereocenters. The molecule has 25 heavy (non-hydrogen) atoms. The average molecular weight is 379 g/mol. The summed E-state index contributed by atoms with van der Waals surface area (Å²) < 4.78 is 0. The Hall–Kier alpha value is -2.04. The first-order valence-corrected chi connectivity index (χ1v) is 8.63. The van der Waals surface area contributed by atoms with Crippen molar-refractivity contribution >= 4 is 40.7 Å². The predicted octanol–water partition coefficient (Wildman–Crippen LogP) is 4.39. The minimum absolute atomic E-state index is 0.0752. The lowest BCUT2D eigenvalue weighted by Crippen LogP contribution is -2.37. The second-order valence-corrected chi connectivity index (χ2v) is 6.72. The number of hydrogen-bond donors (Lipinski definition) is 1. The number of hydrogen-bond acceptors (Lipinski definition) is 2. The van der Waals surface area contributed by atoms with Crippen LogP contribution >= 0.6 is 23.2 Å². The Morgan fingerprint density at radius 3 is 2.20 bits per heavy atom. The molecule has 0 unspecified atom stereocenters. The van der Waals surface area contributed by atoms with Crippen LogP contribution in [0.4, 0.5) is 5.69 Å². The van der Waals surface area contributed by atoms with Crippen LogP contribution in [0.5, 0.6) is 0 Å². The van der Waals surface area contributed by atoms with Crippen molar-refractivity contribution in [3.05, 3.63) is 63.1 Å². The number of aryl methyl sites for hydroxylation is 2. The molecular weight excluding hydrogens is 359 g/mol. The fourth-order valence-electron chi connectivity index (χ4n) is 2.60. The van der Waals surface area contributed by atoms with Crippen LogP contribution in [-0.2, 0) is 4.79 Å². The first kappa shape index (κ1) is 19.3. The molecule has 0 heterocycles. The summed E-state index contributed by atoms with van der Waals surface area (Å²) in [6, 6.07) is 10.7. The van der Waals surface area contributed by atoms with E-state index in [1.54, 1.807) is 17.0 Å². The number of nitrogens with one attached hydrogen (secondary N) is 1. The second kappa shape index (κ2) is 8.37. The van der Waals surface area contributed by atoms with Gasteiger partial charge in [-0.1, -0.05) is 29.3 Å². The Balaban J connectivity index is 2.03. The maximum absolute atomic E-state index is 12.2. The van der Waals surface area contributed by atoms with Gasteiger partial charge < -0.3 is 10.2 Å². The van der Waals surface area contributed by atoms with Gasteiger partial charge in [-0.05, 0) is 55.3 Å². The molecule has 0 aromatic heterocycles. The van der Waals surface area contributed by atoms with Crippen LogP contribution in [0.3, 0.4) is 0 Å². The van der Waals surface area contributed by atoms with Gasteiger partial charge in [0.05, 0.1) is 10.0 Å². The van der Waals surface area contributed by atoms with E-state index in [1.807, 2.05) is 32.0 Å². The quantitative estimate of drug-likeness (QED) is 0.838. The van der Waals surface area contributed by atoms with Gasteiger partial charge in [-0.25, -0.2) is 0 Å². The van der Waals surface area contributed by atoms with E-state index in [0.29, 0.717) is 28.7 Å². The first-order valence-electron chi connectivity index (χ1n) is 7.87. The van der Waals surface area contributed by atoms with E-state index in [4.69, 9.17) is 23.2 Å². The standard InChI is InChI=1S/C19H20Cl2N2O2/c1-12-8-13(2)10-16(9-12)23(14(3)24)7-6-22-19(25)15-4-5-17(20)18(21)11-15/h4-5,8-11H,6-7H2,1-3H3,(H,22,25). The van der Waals surface area contributed by atoms with Gasteiger partial charge in [-0.3, -0.25) is 9.59 Å². The van der Waals surface area contributed by atoms with Gasteiger partial charge in [0.15, 0.2) is 0 Å². The van der Waals surface area contributed by atoms with E-state index in [2.05, 4.69) is 5.32 Å². The van der Waals surface area contributed by atoms with E-state index >= 15 is 0 Å². The summed E-state index contributed by atoms with van der Waals surface area (Å²) in [5.74, 6) is -0.337. The third-order valence-electron chi connectivity index (χ3n) is 3.70. The van der Waals surface area contributed by atoms with Crippen LogP contribution in [0.2, 0.25) is 10.0 Å². The summed E-state index contributed by atoms with van der Waals surface area (Å²) in [5.41, 5.74) is 3.42. The van der Waals surface area contributed by atoms with Crippen molar-refractivity contribution in [3.8, 4) is 0 Å². The highest BCUT2D eigenvalue weighted by Gasteiger charge is 2.13. The van der Waals surface area contributed by atoms with Crippen LogP contribution in [0.25, 0.3) is 0 Å². The Morgan fingerprint density at radius 1 is 1.00 bits per heavy atom. The molecule has 0 aliphatic rings. The molecule has 132 valence electrons. The summed E-state index contributed by atoms with van der Waals surface area (Å²) in [6.07, 6.45) is 0. The molecule has 0 fully saturated rings. The van der Waals surface area contributed by atoms with Gasteiger partial charge in [-0.15, -0.1) is 0 Å². The number of anilines is 1. The highest BCUT2D eigenvalue weighted by Crippen LogP contribution is 2.22. The van der Waals surface area contributed by atoms with Crippen molar-refractivity contribution in [2.75, 3.05) is 18.0 Å². The Kier molecular flexibility index (Phi) is 6.45. The third kappa shape index (κ3) is 5.21. The van der Waals surface area contributed by atoms with Gasteiger partial charge in [-0.2, -0.15) is 0 Å². The molecule has 0 aliphatic carbocycles. The van der Waals surface area contributed by atoms with Gasteiger partial charge in [0.25, 0.3) is 5.91 Å². The largest absolute Gasteiger partial charge is 0.350 e. The van der Waals surface area contributed by atoms with Crippen LogP contribution in [-0.4, -0.2) is 24.9 Å². The molecular formula is C19H20Cl2N2O2. The van der Waals surface area contributed by atoms with Gasteiger partial charge in [0.2, 0.25) is 5.91 Å². The van der Waals surface area contributed by atoms with Crippen molar-refractivity contribution < 1.29 is 9.59 Å². The molecule has 0 bridgehead atoms. The van der Waals surface area contributed by atoms with Crippen LogP contribution < -0.4 is 10.2 Å². The van der Waals surface area contributed by atoms with Crippen LogP contribution in [0, 0.1) is 13.8 Å². The number of nitrogens with zero attached hydrogens (tertiary/aromatic N) is 1. The smallest absolute Gasteiger partial charge is 0.251 e. The zero-order valence-corrected chi connectivity index (χ0v) is 15.9. The van der Waals surface area contributed by atoms with E-state index in [-0.39, 0.29) is 11.8 Å². The highest BCUT2D eigenvalue weighted by molar-refractivity contribution is 6.42. The van der Waals surface area contributed by atoms with Crippen molar-refractivity contribution in [1.29, 1.82) is 0 Å². The first-order chi connectivity index (χ1) is 11.8. The molecule has 0 radical (unpaired) electrons. The Bertz CT molecular complexity index is 786. The number of halogens is 2. The fraction of sp³-hybridized carbons (Fsp3) is 0.263.